The first kappa shape index (κ1) is 25.6. The van der Waals surface area contributed by atoms with E-state index < -0.39 is 32.1 Å². The van der Waals surface area contributed by atoms with E-state index in [-0.39, 0.29) is 29.0 Å². The fourth-order valence-corrected chi connectivity index (χ4v) is 6.80. The van der Waals surface area contributed by atoms with Crippen LogP contribution in [0.15, 0.2) is 42.9 Å². The minimum atomic E-state index is -3.22. The molecule has 3 atom stereocenters. The van der Waals surface area contributed by atoms with Crippen molar-refractivity contribution >= 4 is 9.84 Å². The summed E-state index contributed by atoms with van der Waals surface area (Å²) in [6.45, 7) is 5.95. The standard InChI is InChI=1S/C27H27F2N7O2S/c1-15(39(4,37)38)12-22-31-14-36(35-22)25-30-11-9-21(32-25)27-10-8-17(26(27,2)3)16-13-20(33-34-24(16)27)23-18(28)6-5-7-19(23)29/h5-7,9,11,13-15,17H,8,10,12H2,1-4H3/t15-,17+,27+/m1/s1. The van der Waals surface area contributed by atoms with Gasteiger partial charge in [-0.05, 0) is 60.9 Å². The molecule has 3 heterocycles. The first-order valence-corrected chi connectivity index (χ1v) is 14.6. The molecule has 2 aliphatic carbocycles. The predicted molar refractivity (Wildman–Crippen MR) is 139 cm³/mol. The molecule has 202 valence electrons. The molecule has 2 aliphatic rings. The van der Waals surface area contributed by atoms with Gasteiger partial charge in [-0.3, -0.25) is 0 Å². The summed E-state index contributed by atoms with van der Waals surface area (Å²) in [6, 6.07) is 7.38. The van der Waals surface area contributed by atoms with E-state index >= 15 is 0 Å². The summed E-state index contributed by atoms with van der Waals surface area (Å²) in [7, 11) is -3.22. The highest BCUT2D eigenvalue weighted by atomic mass is 32.2. The second-order valence-corrected chi connectivity index (χ2v) is 13.5. The molecule has 9 nitrogen and oxygen atoms in total. The Labute approximate surface area is 224 Å². The van der Waals surface area contributed by atoms with E-state index in [0.717, 1.165) is 29.8 Å². The first-order valence-electron chi connectivity index (χ1n) is 12.7. The van der Waals surface area contributed by atoms with Crippen LogP contribution in [0.2, 0.25) is 0 Å². The molecule has 6 rings (SSSR count). The van der Waals surface area contributed by atoms with Crippen LogP contribution in [0.3, 0.4) is 0 Å². The highest BCUT2D eigenvalue weighted by Gasteiger charge is 2.65. The molecule has 1 aromatic carbocycles. The fourth-order valence-electron chi connectivity index (χ4n) is 6.35. The SMILES string of the molecule is C[C@H](Cc1ncn(-c2nccc([C@@]34CC[C@@H](c5cc(-c6c(F)cccc6F)nnc53)C4(C)C)n2)n1)S(C)(=O)=O. The second-order valence-electron chi connectivity index (χ2n) is 11.0. The van der Waals surface area contributed by atoms with Crippen molar-refractivity contribution in [2.24, 2.45) is 5.41 Å². The van der Waals surface area contributed by atoms with Gasteiger partial charge in [-0.1, -0.05) is 19.9 Å². The highest BCUT2D eigenvalue weighted by Crippen LogP contribution is 2.69. The Morgan fingerprint density at radius 3 is 2.59 bits per heavy atom. The van der Waals surface area contributed by atoms with Gasteiger partial charge in [0.1, 0.15) is 27.8 Å². The zero-order valence-electron chi connectivity index (χ0n) is 21.9. The molecule has 4 aromatic rings. The monoisotopic (exact) mass is 551 g/mol. The van der Waals surface area contributed by atoms with Crippen LogP contribution in [-0.2, 0) is 21.7 Å². The van der Waals surface area contributed by atoms with Crippen LogP contribution in [0, 0.1) is 17.0 Å². The van der Waals surface area contributed by atoms with Crippen LogP contribution < -0.4 is 0 Å². The van der Waals surface area contributed by atoms with Gasteiger partial charge < -0.3 is 0 Å². The zero-order chi connectivity index (χ0) is 27.7. The minimum Gasteiger partial charge on any atom is -0.229 e. The first-order chi connectivity index (χ1) is 18.4. The van der Waals surface area contributed by atoms with E-state index in [1.807, 2.05) is 6.07 Å². The number of fused-ring (bicyclic) bond motifs is 5. The molecular formula is C27H27F2N7O2S. The smallest absolute Gasteiger partial charge is 0.229 e. The van der Waals surface area contributed by atoms with Gasteiger partial charge >= 0.3 is 0 Å². The second kappa shape index (κ2) is 8.67. The lowest BCUT2D eigenvalue weighted by molar-refractivity contribution is 0.242. The summed E-state index contributed by atoms with van der Waals surface area (Å²) in [5, 5.41) is 12.7. The van der Waals surface area contributed by atoms with Crippen LogP contribution in [0.25, 0.3) is 17.2 Å². The maximum atomic E-state index is 14.5. The van der Waals surface area contributed by atoms with Crippen LogP contribution in [-0.4, -0.2) is 54.9 Å². The normalized spacial score (nSPS) is 22.2. The molecule has 0 aliphatic heterocycles. The number of hydrogen-bond donors (Lipinski definition) is 0. The Balaban J connectivity index is 1.41. The number of hydrogen-bond acceptors (Lipinski definition) is 8. The lowest BCUT2D eigenvalue weighted by Crippen LogP contribution is -2.38. The van der Waals surface area contributed by atoms with Gasteiger partial charge in [0.2, 0.25) is 0 Å². The molecular weight excluding hydrogens is 524 g/mol. The molecule has 1 saturated carbocycles. The number of sulfone groups is 1. The maximum Gasteiger partial charge on any atom is 0.252 e. The van der Waals surface area contributed by atoms with Crippen LogP contribution in [0.1, 0.15) is 62.3 Å². The Morgan fingerprint density at radius 2 is 1.87 bits per heavy atom. The third kappa shape index (κ3) is 3.79. The van der Waals surface area contributed by atoms with Crippen molar-refractivity contribution in [2.45, 2.75) is 56.6 Å². The van der Waals surface area contributed by atoms with Gasteiger partial charge in [0, 0.05) is 18.9 Å². The number of rotatable bonds is 6. The minimum absolute atomic E-state index is 0.102. The lowest BCUT2D eigenvalue weighted by atomic mass is 9.66. The highest BCUT2D eigenvalue weighted by molar-refractivity contribution is 7.91. The molecule has 3 aromatic heterocycles. The maximum absolute atomic E-state index is 14.5. The van der Waals surface area contributed by atoms with Crippen molar-refractivity contribution in [3.63, 3.8) is 0 Å². The fraction of sp³-hybridized carbons (Fsp3) is 0.407. The topological polar surface area (TPSA) is 116 Å². The van der Waals surface area contributed by atoms with Gasteiger partial charge in [-0.2, -0.15) is 9.78 Å². The molecule has 0 saturated heterocycles. The van der Waals surface area contributed by atoms with E-state index in [1.54, 1.807) is 19.2 Å². The number of halogens is 2. The van der Waals surface area contributed by atoms with Crippen molar-refractivity contribution in [1.29, 1.82) is 0 Å². The molecule has 0 unspecified atom stereocenters. The van der Waals surface area contributed by atoms with E-state index in [1.165, 1.54) is 35.5 Å². The van der Waals surface area contributed by atoms with Crippen molar-refractivity contribution in [3.05, 3.63) is 77.3 Å². The Hall–Kier alpha value is -3.67. The third-order valence-corrected chi connectivity index (χ3v) is 10.3. The predicted octanol–water partition coefficient (Wildman–Crippen LogP) is 3.97. The summed E-state index contributed by atoms with van der Waals surface area (Å²) in [5.74, 6) is -0.574. The molecule has 39 heavy (non-hydrogen) atoms. The van der Waals surface area contributed by atoms with Gasteiger partial charge in [-0.15, -0.1) is 10.2 Å². The summed E-state index contributed by atoms with van der Waals surface area (Å²) in [4.78, 5) is 13.5. The van der Waals surface area contributed by atoms with Crippen molar-refractivity contribution in [3.8, 4) is 17.2 Å². The van der Waals surface area contributed by atoms with Crippen molar-refractivity contribution in [2.75, 3.05) is 6.26 Å². The molecule has 0 N–H and O–H groups in total. The Morgan fingerprint density at radius 1 is 1.13 bits per heavy atom. The van der Waals surface area contributed by atoms with E-state index in [4.69, 9.17) is 4.98 Å². The van der Waals surface area contributed by atoms with E-state index in [2.05, 4.69) is 39.1 Å². The van der Waals surface area contributed by atoms with Gasteiger partial charge in [-0.25, -0.2) is 32.2 Å². The van der Waals surface area contributed by atoms with Gasteiger partial charge in [0.25, 0.3) is 5.95 Å². The van der Waals surface area contributed by atoms with E-state index in [0.29, 0.717) is 11.8 Å². The quantitative estimate of drug-likeness (QED) is 0.353. The number of aromatic nitrogens is 7. The lowest BCUT2D eigenvalue weighted by Gasteiger charge is -2.37. The molecule has 0 radical (unpaired) electrons. The molecule has 2 bridgehead atoms. The summed E-state index contributed by atoms with van der Waals surface area (Å²) in [5.41, 5.74) is 1.54. The molecule has 0 amide bonds. The molecule has 0 spiro atoms. The summed E-state index contributed by atoms with van der Waals surface area (Å²) < 4.78 is 54.2. The summed E-state index contributed by atoms with van der Waals surface area (Å²) >= 11 is 0. The van der Waals surface area contributed by atoms with Gasteiger partial charge in [0.15, 0.2) is 5.82 Å². The largest absolute Gasteiger partial charge is 0.252 e. The summed E-state index contributed by atoms with van der Waals surface area (Å²) in [6.07, 6.45) is 6.14. The average Bonchev–Trinajstić information content (AvgIpc) is 3.51. The Kier molecular flexibility index (Phi) is 5.69. The van der Waals surface area contributed by atoms with Crippen LogP contribution >= 0.6 is 0 Å². The van der Waals surface area contributed by atoms with Gasteiger partial charge in [0.05, 0.1) is 33.3 Å². The number of benzene rings is 1. The van der Waals surface area contributed by atoms with Crippen LogP contribution in [0.4, 0.5) is 8.78 Å². The molecule has 1 fully saturated rings. The Bertz CT molecular complexity index is 1700. The average molecular weight is 552 g/mol. The number of nitrogens with zero attached hydrogens (tertiary/aromatic N) is 7. The van der Waals surface area contributed by atoms with Crippen LogP contribution in [0.5, 0.6) is 0 Å². The van der Waals surface area contributed by atoms with Crippen molar-refractivity contribution in [1.82, 2.24) is 34.9 Å². The zero-order valence-corrected chi connectivity index (χ0v) is 22.7. The third-order valence-electron chi connectivity index (χ3n) is 8.63. The van der Waals surface area contributed by atoms with Crippen molar-refractivity contribution < 1.29 is 17.2 Å². The molecule has 12 heteroatoms. The van der Waals surface area contributed by atoms with E-state index in [9.17, 15) is 17.2 Å².